The summed E-state index contributed by atoms with van der Waals surface area (Å²) in [4.78, 5) is 4.55. The molecule has 1 aromatic heterocycles. The maximum absolute atomic E-state index is 5.61. The number of benzene rings is 1. The molecule has 4 heteroatoms. The van der Waals surface area contributed by atoms with Gasteiger partial charge in [0, 0.05) is 16.7 Å². The Balaban J connectivity index is 1.97. The lowest BCUT2D eigenvalue weighted by molar-refractivity contribution is 0.288. The lowest BCUT2D eigenvalue weighted by atomic mass is 10.0. The summed E-state index contributed by atoms with van der Waals surface area (Å²) in [5, 5.41) is 3.16. The second kappa shape index (κ2) is 4.70. The fourth-order valence-electron chi connectivity index (χ4n) is 2.04. The number of rotatable bonds is 2. The van der Waals surface area contributed by atoms with E-state index in [0.717, 1.165) is 35.9 Å². The summed E-state index contributed by atoms with van der Waals surface area (Å²) < 4.78 is 5.61. The van der Waals surface area contributed by atoms with Gasteiger partial charge >= 0.3 is 0 Å². The second-order valence-electron chi connectivity index (χ2n) is 4.06. The summed E-state index contributed by atoms with van der Waals surface area (Å²) in [5.74, 6) is 1.74. The molecule has 2 aromatic rings. The highest BCUT2D eigenvalue weighted by Crippen LogP contribution is 2.30. The van der Waals surface area contributed by atoms with Gasteiger partial charge in [-0.1, -0.05) is 0 Å². The van der Waals surface area contributed by atoms with Crippen molar-refractivity contribution in [3.63, 3.8) is 0 Å². The molecule has 0 amide bonds. The maximum Gasteiger partial charge on any atom is 0.122 e. The van der Waals surface area contributed by atoms with E-state index in [1.54, 1.807) is 11.3 Å². The van der Waals surface area contributed by atoms with Gasteiger partial charge in [0.1, 0.15) is 10.8 Å². The average molecular weight is 263 g/mol. The van der Waals surface area contributed by atoms with Gasteiger partial charge in [0.25, 0.3) is 0 Å². The van der Waals surface area contributed by atoms with Crippen molar-refractivity contribution in [1.82, 2.24) is 4.98 Å². The number of hydrogen-bond donors (Lipinski definition) is 1. The molecule has 0 spiro atoms. The van der Waals surface area contributed by atoms with Gasteiger partial charge in [-0.3, -0.25) is 0 Å². The first kappa shape index (κ1) is 11.1. The average Bonchev–Trinajstić information content (AvgIpc) is 2.87. The molecule has 3 rings (SSSR count). The van der Waals surface area contributed by atoms with E-state index in [9.17, 15) is 0 Å². The van der Waals surface area contributed by atoms with Crippen LogP contribution in [0, 0.1) is 0 Å². The summed E-state index contributed by atoms with van der Waals surface area (Å²) in [6, 6.07) is 6.34. The van der Waals surface area contributed by atoms with Crippen LogP contribution in [-0.4, -0.2) is 11.6 Å². The highest BCUT2D eigenvalue weighted by molar-refractivity contribution is 7.79. The largest absolute Gasteiger partial charge is 0.493 e. The van der Waals surface area contributed by atoms with Gasteiger partial charge in [-0.05, 0) is 36.6 Å². The molecule has 17 heavy (non-hydrogen) atoms. The quantitative estimate of drug-likeness (QED) is 0.837. The van der Waals surface area contributed by atoms with Gasteiger partial charge in [0.15, 0.2) is 0 Å². The minimum Gasteiger partial charge on any atom is -0.493 e. The van der Waals surface area contributed by atoms with Crippen LogP contribution in [0.5, 0.6) is 5.75 Å². The van der Waals surface area contributed by atoms with Crippen LogP contribution < -0.4 is 4.74 Å². The Morgan fingerprint density at radius 3 is 3.18 bits per heavy atom. The van der Waals surface area contributed by atoms with E-state index >= 15 is 0 Å². The minimum absolute atomic E-state index is 0.707. The van der Waals surface area contributed by atoms with E-state index in [2.05, 4.69) is 41.2 Å². The third-order valence-electron chi connectivity index (χ3n) is 2.89. The summed E-state index contributed by atoms with van der Waals surface area (Å²) in [6.45, 7) is 0.840. The predicted molar refractivity (Wildman–Crippen MR) is 74.1 cm³/mol. The lowest BCUT2D eigenvalue weighted by Gasteiger charge is -2.17. The van der Waals surface area contributed by atoms with Crippen molar-refractivity contribution in [2.24, 2.45) is 0 Å². The molecule has 0 saturated heterocycles. The number of thiazole rings is 1. The Morgan fingerprint density at radius 1 is 1.41 bits per heavy atom. The molecule has 1 aliphatic rings. The first-order valence-electron chi connectivity index (χ1n) is 5.68. The third-order valence-corrected chi connectivity index (χ3v) is 4.25. The van der Waals surface area contributed by atoms with E-state index < -0.39 is 0 Å². The van der Waals surface area contributed by atoms with Gasteiger partial charge < -0.3 is 4.74 Å². The zero-order valence-electron chi connectivity index (χ0n) is 9.35. The molecule has 2 heterocycles. The van der Waals surface area contributed by atoms with Crippen LogP contribution in [-0.2, 0) is 12.2 Å². The van der Waals surface area contributed by atoms with E-state index in [1.165, 1.54) is 11.1 Å². The van der Waals surface area contributed by atoms with Crippen molar-refractivity contribution in [1.29, 1.82) is 0 Å². The molecule has 1 aromatic carbocycles. The molecule has 0 radical (unpaired) electrons. The first-order chi connectivity index (χ1) is 8.36. The van der Waals surface area contributed by atoms with Gasteiger partial charge in [-0.2, -0.15) is 12.6 Å². The smallest absolute Gasteiger partial charge is 0.122 e. The van der Waals surface area contributed by atoms with Crippen LogP contribution in [0.3, 0.4) is 0 Å². The number of fused-ring (bicyclic) bond motifs is 1. The van der Waals surface area contributed by atoms with Gasteiger partial charge in [0.05, 0.1) is 12.3 Å². The van der Waals surface area contributed by atoms with Crippen molar-refractivity contribution in [3.05, 3.63) is 34.2 Å². The van der Waals surface area contributed by atoms with E-state index in [0.29, 0.717) is 5.75 Å². The van der Waals surface area contributed by atoms with Crippen molar-refractivity contribution < 1.29 is 4.74 Å². The number of nitrogens with zero attached hydrogens (tertiary/aromatic N) is 1. The number of hydrogen-bond acceptors (Lipinski definition) is 4. The highest BCUT2D eigenvalue weighted by atomic mass is 32.1. The molecule has 0 unspecified atom stereocenters. The summed E-state index contributed by atoms with van der Waals surface area (Å²) in [5.41, 5.74) is 3.53. The second-order valence-corrected chi connectivity index (χ2v) is 5.32. The van der Waals surface area contributed by atoms with Crippen molar-refractivity contribution in [3.8, 4) is 17.0 Å². The number of aromatic nitrogens is 1. The maximum atomic E-state index is 5.61. The van der Waals surface area contributed by atoms with Crippen molar-refractivity contribution >= 4 is 24.0 Å². The molecule has 88 valence electrons. The molecule has 0 fully saturated rings. The number of aryl methyl sites for hydroxylation is 1. The Labute approximate surface area is 110 Å². The minimum atomic E-state index is 0.707. The number of ether oxygens (including phenoxy) is 1. The fraction of sp³-hybridized carbons (Fsp3) is 0.308. The topological polar surface area (TPSA) is 22.1 Å². The predicted octanol–water partition coefficient (Wildman–Crippen LogP) is 3.56. The monoisotopic (exact) mass is 263 g/mol. The number of thiol groups is 1. The first-order valence-corrected chi connectivity index (χ1v) is 7.19. The molecule has 0 saturated carbocycles. The molecule has 0 N–H and O–H groups in total. The van der Waals surface area contributed by atoms with Gasteiger partial charge in [-0.25, -0.2) is 4.98 Å². The lowest BCUT2D eigenvalue weighted by Crippen LogP contribution is -2.08. The van der Waals surface area contributed by atoms with Crippen LogP contribution in [0.1, 0.15) is 17.0 Å². The Bertz CT molecular complexity index is 536. The van der Waals surface area contributed by atoms with E-state index in [1.807, 2.05) is 0 Å². The van der Waals surface area contributed by atoms with Crippen molar-refractivity contribution in [2.45, 2.75) is 18.6 Å². The summed E-state index contributed by atoms with van der Waals surface area (Å²) >= 11 is 5.91. The van der Waals surface area contributed by atoms with Crippen LogP contribution in [0.15, 0.2) is 23.6 Å². The zero-order chi connectivity index (χ0) is 11.7. The molecule has 0 bridgehead atoms. The molecule has 0 aliphatic carbocycles. The normalized spacial score (nSPS) is 14.2. The standard InChI is InChI=1S/C13H13NOS2/c16-7-13-14-11(8-17-13)9-3-4-12-10(6-9)2-1-5-15-12/h3-4,6,8,16H,1-2,5,7H2. The zero-order valence-corrected chi connectivity index (χ0v) is 11.1. The molecule has 0 atom stereocenters. The molecule has 2 nitrogen and oxygen atoms in total. The van der Waals surface area contributed by atoms with Crippen LogP contribution in [0.2, 0.25) is 0 Å². The van der Waals surface area contributed by atoms with Crippen molar-refractivity contribution in [2.75, 3.05) is 6.61 Å². The fourth-order valence-corrected chi connectivity index (χ4v) is 2.99. The highest BCUT2D eigenvalue weighted by Gasteiger charge is 2.12. The third kappa shape index (κ3) is 2.19. The Kier molecular flexibility index (Phi) is 3.07. The SMILES string of the molecule is SCc1nc(-c2ccc3c(c2)CCCO3)cs1. The molecule has 1 aliphatic heterocycles. The van der Waals surface area contributed by atoms with E-state index in [-0.39, 0.29) is 0 Å². The van der Waals surface area contributed by atoms with Gasteiger partial charge in [0.2, 0.25) is 0 Å². The van der Waals surface area contributed by atoms with Gasteiger partial charge in [-0.15, -0.1) is 11.3 Å². The van der Waals surface area contributed by atoms with Crippen LogP contribution in [0.25, 0.3) is 11.3 Å². The summed E-state index contributed by atoms with van der Waals surface area (Å²) in [6.07, 6.45) is 2.21. The Morgan fingerprint density at radius 2 is 2.35 bits per heavy atom. The molecular weight excluding hydrogens is 250 g/mol. The molecular formula is C13H13NOS2. The van der Waals surface area contributed by atoms with E-state index in [4.69, 9.17) is 4.74 Å². The van der Waals surface area contributed by atoms with Crippen LogP contribution in [0.4, 0.5) is 0 Å². The van der Waals surface area contributed by atoms with Crippen LogP contribution >= 0.6 is 24.0 Å². The Hall–Kier alpha value is -1.00. The summed E-state index contributed by atoms with van der Waals surface area (Å²) in [7, 11) is 0.